The highest BCUT2D eigenvalue weighted by Gasteiger charge is 2.37. The summed E-state index contributed by atoms with van der Waals surface area (Å²) in [5.41, 5.74) is 0.762. The predicted molar refractivity (Wildman–Crippen MR) is 67.5 cm³/mol. The fraction of sp³-hybridized carbons (Fsp3) is 0.846. The van der Waals surface area contributed by atoms with Gasteiger partial charge in [-0.3, -0.25) is 4.90 Å². The van der Waals surface area contributed by atoms with Crippen molar-refractivity contribution in [2.45, 2.75) is 51.4 Å². The molecule has 2 nitrogen and oxygen atoms in total. The zero-order valence-electron chi connectivity index (χ0n) is 11.4. The molecule has 0 aromatic heterocycles. The molecule has 5 heteroatoms. The average molecular weight is 264 g/mol. The molecule has 0 amide bonds. The maximum absolute atomic E-state index is 12.4. The van der Waals surface area contributed by atoms with Crippen LogP contribution in [0.1, 0.15) is 33.6 Å². The van der Waals surface area contributed by atoms with Crippen molar-refractivity contribution in [3.05, 3.63) is 12.2 Å². The molecule has 1 saturated carbocycles. The van der Waals surface area contributed by atoms with Crippen molar-refractivity contribution in [3.8, 4) is 0 Å². The van der Waals surface area contributed by atoms with E-state index in [9.17, 15) is 13.2 Å². The van der Waals surface area contributed by atoms with E-state index >= 15 is 0 Å². The van der Waals surface area contributed by atoms with Crippen molar-refractivity contribution < 1.29 is 13.2 Å². The average Bonchev–Trinajstić information content (AvgIpc) is 2.93. The van der Waals surface area contributed by atoms with Gasteiger partial charge in [-0.1, -0.05) is 6.58 Å². The predicted octanol–water partition coefficient (Wildman–Crippen LogP) is 2.96. The molecule has 0 aromatic carbocycles. The second-order valence-corrected chi connectivity index (χ2v) is 6.10. The van der Waals surface area contributed by atoms with Gasteiger partial charge in [-0.25, -0.2) is 0 Å². The SMILES string of the molecule is C=C(CNC(C)(C)C)CN(CC(F)(F)F)C1CC1. The Bertz CT molecular complexity index is 288. The number of halogens is 3. The minimum atomic E-state index is -4.12. The first-order valence-electron chi connectivity index (χ1n) is 6.29. The largest absolute Gasteiger partial charge is 0.401 e. The lowest BCUT2D eigenvalue weighted by molar-refractivity contribution is -0.146. The molecule has 18 heavy (non-hydrogen) atoms. The minimum absolute atomic E-state index is 0.0443. The third kappa shape index (κ3) is 7.01. The van der Waals surface area contributed by atoms with E-state index in [1.807, 2.05) is 20.8 Å². The van der Waals surface area contributed by atoms with Crippen LogP contribution in [0.4, 0.5) is 13.2 Å². The van der Waals surface area contributed by atoms with Crippen LogP contribution < -0.4 is 5.32 Å². The number of nitrogens with one attached hydrogen (secondary N) is 1. The highest BCUT2D eigenvalue weighted by molar-refractivity contribution is 5.03. The van der Waals surface area contributed by atoms with Gasteiger partial charge in [-0.15, -0.1) is 0 Å². The van der Waals surface area contributed by atoms with E-state index in [4.69, 9.17) is 0 Å². The number of hydrogen-bond donors (Lipinski definition) is 1. The van der Waals surface area contributed by atoms with Crippen molar-refractivity contribution in [1.29, 1.82) is 0 Å². The fourth-order valence-electron chi connectivity index (χ4n) is 1.72. The van der Waals surface area contributed by atoms with Crippen LogP contribution in [0, 0.1) is 0 Å². The van der Waals surface area contributed by atoms with Crippen molar-refractivity contribution in [2.75, 3.05) is 19.6 Å². The quantitative estimate of drug-likeness (QED) is 0.742. The number of rotatable bonds is 6. The molecule has 1 fully saturated rings. The van der Waals surface area contributed by atoms with Gasteiger partial charge < -0.3 is 5.32 Å². The molecule has 0 atom stereocenters. The summed E-state index contributed by atoms with van der Waals surface area (Å²) in [5, 5.41) is 3.24. The highest BCUT2D eigenvalue weighted by atomic mass is 19.4. The van der Waals surface area contributed by atoms with Crippen LogP contribution in [-0.4, -0.2) is 42.3 Å². The Hall–Kier alpha value is -0.550. The Morgan fingerprint density at radius 3 is 2.22 bits per heavy atom. The fourth-order valence-corrected chi connectivity index (χ4v) is 1.72. The summed E-state index contributed by atoms with van der Waals surface area (Å²) in [6.07, 6.45) is -2.38. The Labute approximate surface area is 107 Å². The van der Waals surface area contributed by atoms with Crippen molar-refractivity contribution in [3.63, 3.8) is 0 Å². The van der Waals surface area contributed by atoms with Gasteiger partial charge in [0.25, 0.3) is 0 Å². The molecule has 0 radical (unpaired) electrons. The molecule has 0 unspecified atom stereocenters. The van der Waals surface area contributed by atoms with Crippen LogP contribution in [0.2, 0.25) is 0 Å². The van der Waals surface area contributed by atoms with Crippen LogP contribution in [0.5, 0.6) is 0 Å². The molecule has 1 aliphatic rings. The molecule has 0 saturated heterocycles. The summed E-state index contributed by atoms with van der Waals surface area (Å²) in [6.45, 7) is 9.99. The van der Waals surface area contributed by atoms with Crippen LogP contribution in [0.3, 0.4) is 0 Å². The second-order valence-electron chi connectivity index (χ2n) is 6.10. The Morgan fingerprint density at radius 2 is 1.83 bits per heavy atom. The molecule has 1 rings (SSSR count). The number of nitrogens with zero attached hydrogens (tertiary/aromatic N) is 1. The van der Waals surface area contributed by atoms with E-state index in [1.165, 1.54) is 4.90 Å². The lowest BCUT2D eigenvalue weighted by Crippen LogP contribution is -2.41. The smallest absolute Gasteiger partial charge is 0.308 e. The normalized spacial score (nSPS) is 17.3. The first kappa shape index (κ1) is 15.5. The van der Waals surface area contributed by atoms with Crippen LogP contribution >= 0.6 is 0 Å². The third-order valence-corrected chi connectivity index (χ3v) is 2.74. The molecule has 0 bridgehead atoms. The first-order valence-corrected chi connectivity index (χ1v) is 6.29. The maximum atomic E-state index is 12.4. The summed E-state index contributed by atoms with van der Waals surface area (Å²) in [7, 11) is 0. The van der Waals surface area contributed by atoms with E-state index in [0.29, 0.717) is 13.1 Å². The van der Waals surface area contributed by atoms with Gasteiger partial charge in [0.1, 0.15) is 0 Å². The van der Waals surface area contributed by atoms with E-state index < -0.39 is 12.7 Å². The molecule has 1 aliphatic carbocycles. The Morgan fingerprint density at radius 1 is 1.28 bits per heavy atom. The summed E-state index contributed by atoms with van der Waals surface area (Å²) in [4.78, 5) is 1.49. The minimum Gasteiger partial charge on any atom is -0.308 e. The van der Waals surface area contributed by atoms with E-state index in [-0.39, 0.29) is 11.6 Å². The number of alkyl halides is 3. The monoisotopic (exact) mass is 264 g/mol. The van der Waals surface area contributed by atoms with Crippen molar-refractivity contribution in [1.82, 2.24) is 10.2 Å². The summed E-state index contributed by atoms with van der Waals surface area (Å²) >= 11 is 0. The lowest BCUT2D eigenvalue weighted by atomic mass is 10.1. The molecule has 1 N–H and O–H groups in total. The maximum Gasteiger partial charge on any atom is 0.401 e. The van der Waals surface area contributed by atoms with Gasteiger partial charge >= 0.3 is 6.18 Å². The molecule has 0 heterocycles. The van der Waals surface area contributed by atoms with Crippen LogP contribution in [0.15, 0.2) is 12.2 Å². The molecular weight excluding hydrogens is 241 g/mol. The first-order chi connectivity index (χ1) is 8.07. The molecule has 0 aliphatic heterocycles. The number of hydrogen-bond acceptors (Lipinski definition) is 2. The van der Waals surface area contributed by atoms with Crippen LogP contribution in [0.25, 0.3) is 0 Å². The van der Waals surface area contributed by atoms with Crippen molar-refractivity contribution in [2.24, 2.45) is 0 Å². The summed E-state index contributed by atoms with van der Waals surface area (Å²) in [5.74, 6) is 0. The van der Waals surface area contributed by atoms with Gasteiger partial charge in [0.2, 0.25) is 0 Å². The van der Waals surface area contributed by atoms with E-state index in [0.717, 1.165) is 18.4 Å². The van der Waals surface area contributed by atoms with Gasteiger partial charge in [-0.05, 0) is 39.2 Å². The van der Waals surface area contributed by atoms with Crippen molar-refractivity contribution >= 4 is 0 Å². The van der Waals surface area contributed by atoms with Gasteiger partial charge in [0, 0.05) is 24.7 Å². The Balaban J connectivity index is 2.39. The van der Waals surface area contributed by atoms with E-state index in [2.05, 4.69) is 11.9 Å². The molecule has 106 valence electrons. The van der Waals surface area contributed by atoms with E-state index in [1.54, 1.807) is 0 Å². The topological polar surface area (TPSA) is 15.3 Å². The van der Waals surface area contributed by atoms with Gasteiger partial charge in [-0.2, -0.15) is 13.2 Å². The highest BCUT2D eigenvalue weighted by Crippen LogP contribution is 2.30. The second kappa shape index (κ2) is 5.61. The van der Waals surface area contributed by atoms with Gasteiger partial charge in [0.15, 0.2) is 0 Å². The van der Waals surface area contributed by atoms with Gasteiger partial charge in [0.05, 0.1) is 6.54 Å². The Kier molecular flexibility index (Phi) is 4.84. The van der Waals surface area contributed by atoms with Crippen LogP contribution in [-0.2, 0) is 0 Å². The summed E-state index contributed by atoms with van der Waals surface area (Å²) in [6, 6.07) is 0.0954. The third-order valence-electron chi connectivity index (χ3n) is 2.74. The zero-order chi connectivity index (χ0) is 14.0. The zero-order valence-corrected chi connectivity index (χ0v) is 11.4. The molecule has 0 spiro atoms. The molecule has 0 aromatic rings. The summed E-state index contributed by atoms with van der Waals surface area (Å²) < 4.78 is 37.3. The standard InChI is InChI=1S/C13H23F3N2/c1-10(7-17-12(2,3)4)8-18(11-5-6-11)9-13(14,15)16/h11,17H,1,5-9H2,2-4H3. The lowest BCUT2D eigenvalue weighted by Gasteiger charge is -2.26. The molecular formula is C13H23F3N2.